The van der Waals surface area contributed by atoms with E-state index in [0.717, 1.165) is 6.42 Å². The molecule has 0 aliphatic carbocycles. The monoisotopic (exact) mass is 514 g/mol. The highest BCUT2D eigenvalue weighted by Gasteiger charge is 2.42. The van der Waals surface area contributed by atoms with E-state index in [-0.39, 0.29) is 37.1 Å². The Hall–Kier alpha value is -3.36. The van der Waals surface area contributed by atoms with Gasteiger partial charge in [0, 0.05) is 31.7 Å². The summed E-state index contributed by atoms with van der Waals surface area (Å²) < 4.78 is 41.1. The second-order valence-electron chi connectivity index (χ2n) is 10.2. The van der Waals surface area contributed by atoms with Crippen molar-refractivity contribution in [1.82, 2.24) is 19.6 Å². The molecule has 2 amide bonds. The van der Waals surface area contributed by atoms with Crippen molar-refractivity contribution in [1.29, 1.82) is 0 Å². The van der Waals surface area contributed by atoms with Crippen molar-refractivity contribution >= 4 is 17.5 Å². The van der Waals surface area contributed by atoms with Crippen molar-refractivity contribution in [2.24, 2.45) is 11.8 Å². The first-order valence-electron chi connectivity index (χ1n) is 12.8. The van der Waals surface area contributed by atoms with Crippen LogP contribution in [-0.2, 0) is 11.2 Å². The van der Waals surface area contributed by atoms with Crippen LogP contribution >= 0.6 is 0 Å². The van der Waals surface area contributed by atoms with Gasteiger partial charge in [-0.15, -0.1) is 0 Å². The fourth-order valence-electron chi connectivity index (χ4n) is 5.01. The number of aromatic nitrogens is 2. The van der Waals surface area contributed by atoms with E-state index in [0.29, 0.717) is 42.5 Å². The molecule has 0 radical (unpaired) electrons. The van der Waals surface area contributed by atoms with E-state index >= 15 is 0 Å². The molecule has 1 fully saturated rings. The van der Waals surface area contributed by atoms with E-state index in [4.69, 9.17) is 0 Å². The normalized spacial score (nSPS) is 17.2. The zero-order valence-corrected chi connectivity index (χ0v) is 21.2. The number of amides is 2. The highest BCUT2D eigenvalue weighted by atomic mass is 19.4. The summed E-state index contributed by atoms with van der Waals surface area (Å²) in [5.41, 5.74) is 2.48. The molecule has 0 bridgehead atoms. The third kappa shape index (κ3) is 6.70. The molecule has 2 atom stereocenters. The smallest absolute Gasteiger partial charge is 0.350 e. The molecule has 2 aromatic heterocycles. The number of imidazole rings is 1. The second kappa shape index (κ2) is 11.4. The van der Waals surface area contributed by atoms with Gasteiger partial charge >= 0.3 is 6.18 Å². The van der Waals surface area contributed by atoms with Crippen LogP contribution < -0.4 is 5.32 Å². The van der Waals surface area contributed by atoms with Crippen LogP contribution in [0.25, 0.3) is 5.65 Å². The second-order valence-corrected chi connectivity index (χ2v) is 10.2. The minimum absolute atomic E-state index is 0.0441. The van der Waals surface area contributed by atoms with Gasteiger partial charge < -0.3 is 10.2 Å². The lowest BCUT2D eigenvalue weighted by Crippen LogP contribution is -2.45. The van der Waals surface area contributed by atoms with Crippen molar-refractivity contribution in [3.05, 3.63) is 71.7 Å². The molecule has 1 aromatic carbocycles. The summed E-state index contributed by atoms with van der Waals surface area (Å²) >= 11 is 0. The highest BCUT2D eigenvalue weighted by molar-refractivity contribution is 5.93. The molecule has 4 rings (SSSR count). The van der Waals surface area contributed by atoms with Gasteiger partial charge in [-0.2, -0.15) is 13.2 Å². The van der Waals surface area contributed by atoms with Gasteiger partial charge in [0.15, 0.2) is 0 Å². The highest BCUT2D eigenvalue weighted by Crippen LogP contribution is 2.33. The summed E-state index contributed by atoms with van der Waals surface area (Å²) in [6.45, 7) is 4.78. The first kappa shape index (κ1) is 26.7. The molecule has 37 heavy (non-hydrogen) atoms. The molecule has 0 saturated carbocycles. The Morgan fingerprint density at radius 1 is 1.11 bits per heavy atom. The zero-order chi connectivity index (χ0) is 26.6. The SMILES string of the molecule is CC(C)CC(CNC(=O)c1cccc2nc(CC(=O)N3CCCC(C(F)(F)F)C3)cn12)c1ccccc1. The van der Waals surface area contributed by atoms with Gasteiger partial charge in [-0.05, 0) is 42.9 Å². The number of nitrogens with one attached hydrogen (secondary N) is 1. The molecule has 1 aliphatic rings. The standard InChI is InChI=1S/C28H33F3N4O2/c1-19(2)14-21(20-8-4-3-5-9-20)16-32-27(37)24-11-6-12-25-33-23(18-35(24)25)15-26(36)34-13-7-10-22(17-34)28(29,30)31/h3-6,8-9,11-12,18-19,21-22H,7,10,13-17H2,1-2H3,(H,32,37). The molecule has 1 saturated heterocycles. The first-order chi connectivity index (χ1) is 17.6. The van der Waals surface area contributed by atoms with Gasteiger partial charge in [0.1, 0.15) is 11.3 Å². The van der Waals surface area contributed by atoms with Crippen LogP contribution in [0.1, 0.15) is 60.8 Å². The maximum atomic E-state index is 13.1. The average molecular weight is 515 g/mol. The van der Waals surface area contributed by atoms with E-state index in [1.54, 1.807) is 28.8 Å². The third-order valence-corrected chi connectivity index (χ3v) is 6.88. The fourth-order valence-corrected chi connectivity index (χ4v) is 5.01. The van der Waals surface area contributed by atoms with Crippen molar-refractivity contribution in [2.75, 3.05) is 19.6 Å². The number of pyridine rings is 1. The predicted octanol–water partition coefficient (Wildman–Crippen LogP) is 5.24. The van der Waals surface area contributed by atoms with Gasteiger partial charge in [0.2, 0.25) is 5.91 Å². The quantitative estimate of drug-likeness (QED) is 0.447. The van der Waals surface area contributed by atoms with Crippen LogP contribution in [0, 0.1) is 11.8 Å². The topological polar surface area (TPSA) is 66.7 Å². The van der Waals surface area contributed by atoms with Gasteiger partial charge in [-0.1, -0.05) is 50.2 Å². The number of carbonyl (C=O) groups is 2. The zero-order valence-electron chi connectivity index (χ0n) is 21.2. The Balaban J connectivity index is 1.45. The number of alkyl halides is 3. The molecule has 1 N–H and O–H groups in total. The van der Waals surface area contributed by atoms with E-state index in [9.17, 15) is 22.8 Å². The van der Waals surface area contributed by atoms with Crippen LogP contribution in [0.3, 0.4) is 0 Å². The number of benzene rings is 1. The van der Waals surface area contributed by atoms with Gasteiger partial charge in [-0.25, -0.2) is 4.98 Å². The van der Waals surface area contributed by atoms with Gasteiger partial charge in [-0.3, -0.25) is 14.0 Å². The number of nitrogens with zero attached hydrogens (tertiary/aromatic N) is 3. The lowest BCUT2D eigenvalue weighted by Gasteiger charge is -2.33. The lowest BCUT2D eigenvalue weighted by atomic mass is 9.90. The molecular weight excluding hydrogens is 481 g/mol. The molecule has 3 aromatic rings. The Morgan fingerprint density at radius 3 is 2.57 bits per heavy atom. The summed E-state index contributed by atoms with van der Waals surface area (Å²) in [6.07, 6.45) is -1.50. The molecule has 0 spiro atoms. The van der Waals surface area contributed by atoms with Gasteiger partial charge in [0.05, 0.1) is 18.0 Å². The lowest BCUT2D eigenvalue weighted by molar-refractivity contribution is -0.187. The Kier molecular flexibility index (Phi) is 8.19. The van der Waals surface area contributed by atoms with Crippen molar-refractivity contribution in [3.8, 4) is 0 Å². The number of piperidine rings is 1. The largest absolute Gasteiger partial charge is 0.393 e. The van der Waals surface area contributed by atoms with Crippen LogP contribution in [0.2, 0.25) is 0 Å². The third-order valence-electron chi connectivity index (χ3n) is 6.88. The van der Waals surface area contributed by atoms with Crippen LogP contribution in [0.5, 0.6) is 0 Å². The van der Waals surface area contributed by atoms with Crippen LogP contribution in [0.15, 0.2) is 54.7 Å². The van der Waals surface area contributed by atoms with Crippen LogP contribution in [-0.4, -0.2) is 51.9 Å². The summed E-state index contributed by atoms with van der Waals surface area (Å²) in [6, 6.07) is 15.2. The molecule has 6 nitrogen and oxygen atoms in total. The minimum Gasteiger partial charge on any atom is -0.350 e. The Labute approximate surface area is 214 Å². The van der Waals surface area contributed by atoms with Crippen molar-refractivity contribution in [3.63, 3.8) is 0 Å². The number of carbonyl (C=O) groups excluding carboxylic acids is 2. The minimum atomic E-state index is -4.31. The maximum absolute atomic E-state index is 13.1. The van der Waals surface area contributed by atoms with E-state index in [2.05, 4.69) is 36.3 Å². The van der Waals surface area contributed by atoms with E-state index in [1.165, 1.54) is 10.5 Å². The summed E-state index contributed by atoms with van der Waals surface area (Å²) in [7, 11) is 0. The summed E-state index contributed by atoms with van der Waals surface area (Å²) in [5, 5.41) is 3.05. The molecule has 3 heterocycles. The maximum Gasteiger partial charge on any atom is 0.393 e. The van der Waals surface area contributed by atoms with Crippen molar-refractivity contribution < 1.29 is 22.8 Å². The molecule has 198 valence electrons. The van der Waals surface area contributed by atoms with E-state index in [1.807, 2.05) is 18.2 Å². The number of hydrogen-bond donors (Lipinski definition) is 1. The van der Waals surface area contributed by atoms with E-state index < -0.39 is 12.1 Å². The van der Waals surface area contributed by atoms with Crippen LogP contribution in [0.4, 0.5) is 13.2 Å². The van der Waals surface area contributed by atoms with Gasteiger partial charge in [0.25, 0.3) is 5.91 Å². The number of rotatable bonds is 8. The molecular formula is C28H33F3N4O2. The molecule has 9 heteroatoms. The fraction of sp³-hybridized carbons (Fsp3) is 0.464. The summed E-state index contributed by atoms with van der Waals surface area (Å²) in [5.74, 6) is -1.50. The molecule has 1 aliphatic heterocycles. The Bertz CT molecular complexity index is 1220. The number of fused-ring (bicyclic) bond motifs is 1. The summed E-state index contributed by atoms with van der Waals surface area (Å²) in [4.78, 5) is 31.6. The molecule has 2 unspecified atom stereocenters. The Morgan fingerprint density at radius 2 is 1.86 bits per heavy atom. The van der Waals surface area contributed by atoms with Crippen molar-refractivity contribution in [2.45, 2.75) is 51.6 Å². The predicted molar refractivity (Wildman–Crippen MR) is 135 cm³/mol. The first-order valence-corrected chi connectivity index (χ1v) is 12.8. The average Bonchev–Trinajstić information content (AvgIpc) is 3.28. The number of halogens is 3. The number of likely N-dealkylation sites (tertiary alicyclic amines) is 1. The number of hydrogen-bond acceptors (Lipinski definition) is 3.